The summed E-state index contributed by atoms with van der Waals surface area (Å²) < 4.78 is 0. The zero-order chi connectivity index (χ0) is 13.0. The number of hydrogen-bond acceptors (Lipinski definition) is 3. The monoisotopic (exact) mass is 232 g/mol. The van der Waals surface area contributed by atoms with E-state index in [0.717, 1.165) is 12.3 Å². The first kappa shape index (κ1) is 13.5. The lowest BCUT2D eigenvalue weighted by Crippen LogP contribution is -2.36. The fourth-order valence-electron chi connectivity index (χ4n) is 1.59. The van der Waals surface area contributed by atoms with Crippen LogP contribution in [0.3, 0.4) is 0 Å². The first-order valence-corrected chi connectivity index (χ1v) is 5.68. The molecule has 0 bridgehead atoms. The van der Waals surface area contributed by atoms with Gasteiger partial charge in [-0.25, -0.2) is 0 Å². The molecule has 0 aromatic rings. The summed E-state index contributed by atoms with van der Waals surface area (Å²) in [7, 11) is 3.69. The number of hydrogen-bond donors (Lipinski definition) is 1. The summed E-state index contributed by atoms with van der Waals surface area (Å²) in [5.74, 6) is 3.06. The van der Waals surface area contributed by atoms with Crippen LogP contribution in [0.1, 0.15) is 13.8 Å². The Morgan fingerprint density at radius 2 is 2.29 bits per heavy atom. The Kier molecular flexibility index (Phi) is 4.47. The predicted octanol–water partition coefficient (Wildman–Crippen LogP) is 1.21. The summed E-state index contributed by atoms with van der Waals surface area (Å²) >= 11 is 0. The lowest BCUT2D eigenvalue weighted by Gasteiger charge is -2.24. The van der Waals surface area contributed by atoms with Crippen LogP contribution in [0.5, 0.6) is 0 Å². The molecule has 0 amide bonds. The van der Waals surface area contributed by atoms with Crippen molar-refractivity contribution in [2.24, 2.45) is 4.99 Å². The molecule has 4 heteroatoms. The molecule has 0 saturated heterocycles. The minimum absolute atomic E-state index is 0.0404. The highest BCUT2D eigenvalue weighted by atomic mass is 15.3. The van der Waals surface area contributed by atoms with Crippen LogP contribution >= 0.6 is 0 Å². The van der Waals surface area contributed by atoms with E-state index >= 15 is 0 Å². The SMILES string of the molecule is C#CC1=NC(/C=C\C(=N)N(C)C)N(C(C)C)C1. The average Bonchev–Trinajstić information content (AvgIpc) is 2.69. The maximum atomic E-state index is 7.71. The van der Waals surface area contributed by atoms with Gasteiger partial charge in [-0.05, 0) is 26.0 Å². The number of rotatable bonds is 3. The molecule has 1 atom stereocenters. The first-order chi connectivity index (χ1) is 7.95. The van der Waals surface area contributed by atoms with Gasteiger partial charge in [0.15, 0.2) is 0 Å². The summed E-state index contributed by atoms with van der Waals surface area (Å²) in [5.41, 5.74) is 0.782. The third kappa shape index (κ3) is 3.43. The van der Waals surface area contributed by atoms with Crippen LogP contribution in [-0.2, 0) is 0 Å². The van der Waals surface area contributed by atoms with E-state index < -0.39 is 0 Å². The highest BCUT2D eigenvalue weighted by Gasteiger charge is 2.25. The van der Waals surface area contributed by atoms with Crippen LogP contribution in [0.2, 0.25) is 0 Å². The third-order valence-electron chi connectivity index (χ3n) is 2.70. The molecule has 1 rings (SSSR count). The topological polar surface area (TPSA) is 42.7 Å². The largest absolute Gasteiger partial charge is 0.363 e. The van der Waals surface area contributed by atoms with Crippen molar-refractivity contribution < 1.29 is 0 Å². The Hall–Kier alpha value is -1.60. The molecule has 0 saturated carbocycles. The van der Waals surface area contributed by atoms with Crippen LogP contribution in [0.15, 0.2) is 17.1 Å². The number of amidine groups is 1. The molecular weight excluding hydrogens is 212 g/mol. The molecule has 0 aromatic carbocycles. The third-order valence-corrected chi connectivity index (χ3v) is 2.70. The number of aliphatic imine (C=N–C) groups is 1. The summed E-state index contributed by atoms with van der Waals surface area (Å²) in [6.07, 6.45) is 9.03. The van der Waals surface area contributed by atoms with Crippen molar-refractivity contribution >= 4 is 11.5 Å². The quantitative estimate of drug-likeness (QED) is 0.451. The molecule has 0 fully saturated rings. The molecule has 1 aliphatic rings. The number of likely N-dealkylation sites (N-methyl/N-ethyl adjacent to an activating group) is 1. The van der Waals surface area contributed by atoms with E-state index in [0.29, 0.717) is 11.9 Å². The molecular formula is C13H20N4. The second-order valence-corrected chi connectivity index (χ2v) is 4.54. The van der Waals surface area contributed by atoms with Crippen molar-refractivity contribution in [1.82, 2.24) is 9.80 Å². The van der Waals surface area contributed by atoms with Crippen molar-refractivity contribution in [3.8, 4) is 12.3 Å². The second kappa shape index (κ2) is 5.65. The Labute approximate surface area is 104 Å². The Balaban J connectivity index is 2.77. The van der Waals surface area contributed by atoms with Gasteiger partial charge in [-0.2, -0.15) is 0 Å². The van der Waals surface area contributed by atoms with E-state index in [1.54, 1.807) is 11.0 Å². The van der Waals surface area contributed by atoms with E-state index in [-0.39, 0.29) is 6.17 Å². The maximum absolute atomic E-state index is 7.71. The molecule has 1 aliphatic heterocycles. The fourth-order valence-corrected chi connectivity index (χ4v) is 1.59. The Morgan fingerprint density at radius 3 is 2.76 bits per heavy atom. The van der Waals surface area contributed by atoms with Crippen molar-refractivity contribution in [3.63, 3.8) is 0 Å². The number of terminal acetylenes is 1. The van der Waals surface area contributed by atoms with Crippen molar-refractivity contribution in [2.45, 2.75) is 26.1 Å². The fraction of sp³-hybridized carbons (Fsp3) is 0.538. The zero-order valence-electron chi connectivity index (χ0n) is 10.9. The van der Waals surface area contributed by atoms with Gasteiger partial charge >= 0.3 is 0 Å². The highest BCUT2D eigenvalue weighted by Crippen LogP contribution is 2.15. The van der Waals surface area contributed by atoms with Crippen molar-refractivity contribution in [3.05, 3.63) is 12.2 Å². The standard InChI is InChI=1S/C13H20N4/c1-6-11-9-17(10(2)3)13(15-11)8-7-12(14)16(4)5/h1,7-8,10,13-14H,9H2,2-5H3/b8-7-,14-12?. The summed E-state index contributed by atoms with van der Waals surface area (Å²) in [5, 5.41) is 7.71. The molecule has 17 heavy (non-hydrogen) atoms. The average molecular weight is 232 g/mol. The molecule has 0 spiro atoms. The molecule has 1 N–H and O–H groups in total. The van der Waals surface area contributed by atoms with Gasteiger partial charge in [-0.15, -0.1) is 6.42 Å². The summed E-state index contributed by atoms with van der Waals surface area (Å²) in [6, 6.07) is 0.382. The van der Waals surface area contributed by atoms with Gasteiger partial charge in [0.1, 0.15) is 17.7 Å². The maximum Gasteiger partial charge on any atom is 0.123 e. The van der Waals surface area contributed by atoms with Gasteiger partial charge in [0, 0.05) is 20.1 Å². The van der Waals surface area contributed by atoms with Gasteiger partial charge in [-0.1, -0.05) is 5.92 Å². The zero-order valence-corrected chi connectivity index (χ0v) is 10.9. The van der Waals surface area contributed by atoms with Gasteiger partial charge in [0.05, 0.1) is 6.54 Å². The molecule has 4 nitrogen and oxygen atoms in total. The molecule has 92 valence electrons. The van der Waals surface area contributed by atoms with E-state index in [2.05, 4.69) is 29.7 Å². The smallest absolute Gasteiger partial charge is 0.123 e. The van der Waals surface area contributed by atoms with E-state index in [4.69, 9.17) is 11.8 Å². The molecule has 1 unspecified atom stereocenters. The molecule has 0 aromatic heterocycles. The minimum atomic E-state index is -0.0404. The van der Waals surface area contributed by atoms with E-state index in [9.17, 15) is 0 Å². The van der Waals surface area contributed by atoms with Crippen LogP contribution in [0.25, 0.3) is 0 Å². The lowest BCUT2D eigenvalue weighted by molar-refractivity contribution is 0.233. The van der Waals surface area contributed by atoms with Crippen LogP contribution in [0, 0.1) is 17.8 Å². The normalized spacial score (nSPS) is 20.7. The number of nitrogens with zero attached hydrogens (tertiary/aromatic N) is 3. The first-order valence-electron chi connectivity index (χ1n) is 5.68. The van der Waals surface area contributed by atoms with Crippen LogP contribution < -0.4 is 0 Å². The van der Waals surface area contributed by atoms with Crippen molar-refractivity contribution in [1.29, 1.82) is 5.41 Å². The van der Waals surface area contributed by atoms with E-state index in [1.165, 1.54) is 0 Å². The van der Waals surface area contributed by atoms with Crippen molar-refractivity contribution in [2.75, 3.05) is 20.6 Å². The van der Waals surface area contributed by atoms with E-state index in [1.807, 2.05) is 20.2 Å². The minimum Gasteiger partial charge on any atom is -0.363 e. The second-order valence-electron chi connectivity index (χ2n) is 4.54. The molecule has 1 heterocycles. The van der Waals surface area contributed by atoms with Crippen LogP contribution in [0.4, 0.5) is 0 Å². The summed E-state index contributed by atoms with van der Waals surface area (Å²) in [6.45, 7) is 4.96. The van der Waals surface area contributed by atoms with Gasteiger partial charge in [-0.3, -0.25) is 15.3 Å². The van der Waals surface area contributed by atoms with Gasteiger partial charge in [0.25, 0.3) is 0 Å². The van der Waals surface area contributed by atoms with Gasteiger partial charge < -0.3 is 4.90 Å². The predicted molar refractivity (Wildman–Crippen MR) is 72.5 cm³/mol. The lowest BCUT2D eigenvalue weighted by atomic mass is 10.2. The summed E-state index contributed by atoms with van der Waals surface area (Å²) in [4.78, 5) is 8.39. The van der Waals surface area contributed by atoms with Gasteiger partial charge in [0.2, 0.25) is 0 Å². The van der Waals surface area contributed by atoms with Crippen LogP contribution in [-0.4, -0.2) is 54.2 Å². The Morgan fingerprint density at radius 1 is 1.65 bits per heavy atom. The highest BCUT2D eigenvalue weighted by molar-refractivity contribution is 6.02. The number of nitrogens with one attached hydrogen (secondary N) is 1. The molecule has 0 aliphatic carbocycles. The Bertz CT molecular complexity index is 385. The molecule has 0 radical (unpaired) electrons.